The molecule has 0 radical (unpaired) electrons. The van der Waals surface area contributed by atoms with Gasteiger partial charge in [-0.25, -0.2) is 13.2 Å². The van der Waals surface area contributed by atoms with Gasteiger partial charge in [-0.2, -0.15) is 4.31 Å². The van der Waals surface area contributed by atoms with Crippen LogP contribution in [0.25, 0.3) is 10.8 Å². The number of urea groups is 1. The molecule has 3 N–H and O–H groups in total. The average Bonchev–Trinajstić information content (AvgIpc) is 2.72. The van der Waals surface area contributed by atoms with Gasteiger partial charge in [0.05, 0.1) is 31.1 Å². The number of quaternary nitrogens is 1. The van der Waals surface area contributed by atoms with Crippen LogP contribution in [-0.4, -0.2) is 63.9 Å². The van der Waals surface area contributed by atoms with E-state index >= 15 is 0 Å². The summed E-state index contributed by atoms with van der Waals surface area (Å²) in [4.78, 5) is 24.6. The van der Waals surface area contributed by atoms with Gasteiger partial charge in [-0.3, -0.25) is 10.1 Å². The van der Waals surface area contributed by atoms with Crippen LogP contribution in [0.15, 0.2) is 47.4 Å². The number of carbonyl (C=O) groups is 2. The fraction of sp³-hybridized carbons (Fsp3) is 0.368. The first-order valence-electron chi connectivity index (χ1n) is 9.19. The molecule has 1 aliphatic rings. The number of carbonyl (C=O) groups excluding carboxylic acids is 2. The smallest absolute Gasteiger partial charge is 0.321 e. The molecule has 9 heteroatoms. The Hall–Kier alpha value is -2.49. The van der Waals surface area contributed by atoms with Crippen LogP contribution in [0.5, 0.6) is 0 Å². The predicted molar refractivity (Wildman–Crippen MR) is 105 cm³/mol. The number of hydrogen-bond donors (Lipinski definition) is 3. The third-order valence-electron chi connectivity index (χ3n) is 5.19. The zero-order chi connectivity index (χ0) is 20.3. The summed E-state index contributed by atoms with van der Waals surface area (Å²) in [7, 11) is -2.15. The van der Waals surface area contributed by atoms with Gasteiger partial charge in [0.15, 0.2) is 6.04 Å². The Kier molecular flexibility index (Phi) is 5.97. The number of nitrogens with zero attached hydrogens (tertiary/aromatic N) is 1. The number of hydrogen-bond acceptors (Lipinski definition) is 4. The maximum absolute atomic E-state index is 13.0. The van der Waals surface area contributed by atoms with E-state index < -0.39 is 22.1 Å². The first-order chi connectivity index (χ1) is 13.3. The second-order valence-corrected chi connectivity index (χ2v) is 8.80. The third-order valence-corrected chi connectivity index (χ3v) is 7.09. The second kappa shape index (κ2) is 8.26. The first kappa shape index (κ1) is 20.2. The minimum absolute atomic E-state index is 0.278. The summed E-state index contributed by atoms with van der Waals surface area (Å²) in [6.45, 7) is 3.37. The summed E-state index contributed by atoms with van der Waals surface area (Å²) >= 11 is 0. The fourth-order valence-electron chi connectivity index (χ4n) is 3.39. The van der Waals surface area contributed by atoms with Crippen LogP contribution in [0.3, 0.4) is 0 Å². The lowest BCUT2D eigenvalue weighted by atomic mass is 10.1. The van der Waals surface area contributed by atoms with Crippen molar-refractivity contribution in [2.75, 3.05) is 33.2 Å². The number of nitrogens with one attached hydrogen (secondary N) is 3. The second-order valence-electron chi connectivity index (χ2n) is 6.86. The van der Waals surface area contributed by atoms with E-state index in [1.54, 1.807) is 19.1 Å². The molecule has 2 aromatic carbocycles. The van der Waals surface area contributed by atoms with Crippen LogP contribution in [0, 0.1) is 0 Å². The van der Waals surface area contributed by atoms with Gasteiger partial charge in [-0.15, -0.1) is 0 Å². The van der Waals surface area contributed by atoms with E-state index in [1.807, 2.05) is 30.3 Å². The largest absolute Gasteiger partial charge is 0.341 e. The highest BCUT2D eigenvalue weighted by atomic mass is 32.2. The fourth-order valence-corrected chi connectivity index (χ4v) is 4.87. The maximum Gasteiger partial charge on any atom is 0.321 e. The average molecular weight is 406 g/mol. The van der Waals surface area contributed by atoms with Gasteiger partial charge < -0.3 is 10.2 Å². The third kappa shape index (κ3) is 4.16. The minimum Gasteiger partial charge on any atom is -0.341 e. The van der Waals surface area contributed by atoms with Gasteiger partial charge in [0.25, 0.3) is 5.91 Å². The molecule has 3 amide bonds. The Labute approximate surface area is 164 Å². The monoisotopic (exact) mass is 405 g/mol. The Bertz CT molecular complexity index is 984. The predicted octanol–water partition coefficient (Wildman–Crippen LogP) is -0.427. The van der Waals surface area contributed by atoms with E-state index in [2.05, 4.69) is 10.6 Å². The molecular formula is C19H25N4O4S+. The Morgan fingerprint density at radius 2 is 1.71 bits per heavy atom. The van der Waals surface area contributed by atoms with E-state index in [1.165, 1.54) is 11.4 Å². The summed E-state index contributed by atoms with van der Waals surface area (Å²) in [5, 5.41) is 6.49. The number of piperazine rings is 1. The van der Waals surface area contributed by atoms with Crippen LogP contribution in [0.2, 0.25) is 0 Å². The van der Waals surface area contributed by atoms with Crippen molar-refractivity contribution >= 4 is 32.7 Å². The summed E-state index contributed by atoms with van der Waals surface area (Å²) in [6.07, 6.45) is 0. The van der Waals surface area contributed by atoms with Crippen molar-refractivity contribution < 1.29 is 22.9 Å². The molecule has 1 aliphatic heterocycles. The molecule has 0 spiro atoms. The molecule has 0 bridgehead atoms. The SMILES string of the molecule is CNC(=O)NC(=O)[C@@H](C)[NH+]1CCN(S(=O)(=O)c2ccc3ccccc3c2)CC1. The normalized spacial score (nSPS) is 17.2. The van der Waals surface area contributed by atoms with Gasteiger partial charge in [-0.05, 0) is 29.8 Å². The van der Waals surface area contributed by atoms with Crippen molar-refractivity contribution in [2.45, 2.75) is 17.9 Å². The molecule has 3 rings (SSSR count). The van der Waals surface area contributed by atoms with E-state index in [0.717, 1.165) is 15.7 Å². The van der Waals surface area contributed by atoms with Crippen LogP contribution >= 0.6 is 0 Å². The van der Waals surface area contributed by atoms with E-state index in [-0.39, 0.29) is 10.8 Å². The van der Waals surface area contributed by atoms with Crippen molar-refractivity contribution in [3.05, 3.63) is 42.5 Å². The molecule has 0 saturated carbocycles. The first-order valence-corrected chi connectivity index (χ1v) is 10.6. The molecule has 1 atom stereocenters. The van der Waals surface area contributed by atoms with Crippen LogP contribution in [0.1, 0.15) is 6.92 Å². The van der Waals surface area contributed by atoms with Gasteiger partial charge in [-0.1, -0.05) is 30.3 Å². The number of imide groups is 1. The lowest BCUT2D eigenvalue weighted by Crippen LogP contribution is -3.19. The molecule has 1 heterocycles. The van der Waals surface area contributed by atoms with E-state index in [4.69, 9.17) is 0 Å². The summed E-state index contributed by atoms with van der Waals surface area (Å²) in [5.41, 5.74) is 0. The lowest BCUT2D eigenvalue weighted by molar-refractivity contribution is -0.917. The van der Waals surface area contributed by atoms with Crippen molar-refractivity contribution in [1.29, 1.82) is 0 Å². The zero-order valence-electron chi connectivity index (χ0n) is 15.9. The van der Waals surface area contributed by atoms with Crippen LogP contribution in [-0.2, 0) is 14.8 Å². The van der Waals surface area contributed by atoms with Gasteiger partial charge in [0, 0.05) is 7.05 Å². The molecule has 0 aromatic heterocycles. The molecule has 28 heavy (non-hydrogen) atoms. The van der Waals surface area contributed by atoms with Gasteiger partial charge in [0.2, 0.25) is 10.0 Å². The zero-order valence-corrected chi connectivity index (χ0v) is 16.8. The van der Waals surface area contributed by atoms with Crippen molar-refractivity contribution in [3.8, 4) is 0 Å². The van der Waals surface area contributed by atoms with Crippen molar-refractivity contribution in [1.82, 2.24) is 14.9 Å². The Morgan fingerprint density at radius 3 is 2.36 bits per heavy atom. The molecular weight excluding hydrogens is 380 g/mol. The lowest BCUT2D eigenvalue weighted by Gasteiger charge is -2.34. The maximum atomic E-state index is 13.0. The summed E-state index contributed by atoms with van der Waals surface area (Å²) in [5.74, 6) is -0.375. The molecule has 2 aromatic rings. The Morgan fingerprint density at radius 1 is 1.07 bits per heavy atom. The summed E-state index contributed by atoms with van der Waals surface area (Å²) in [6, 6.07) is 11.8. The molecule has 8 nitrogen and oxygen atoms in total. The van der Waals surface area contributed by atoms with Gasteiger partial charge >= 0.3 is 6.03 Å². The highest BCUT2D eigenvalue weighted by molar-refractivity contribution is 7.89. The highest BCUT2D eigenvalue weighted by Crippen LogP contribution is 2.21. The van der Waals surface area contributed by atoms with Gasteiger partial charge in [0.1, 0.15) is 0 Å². The standard InChI is InChI=1S/C19H24N4O4S/c1-14(18(24)21-19(25)20-2)22-9-11-23(12-10-22)28(26,27)17-8-7-15-5-3-4-6-16(15)13-17/h3-8,13-14H,9-12H2,1-2H3,(H2,20,21,24,25)/p+1/t14-/m1/s1. The van der Waals surface area contributed by atoms with E-state index in [9.17, 15) is 18.0 Å². The number of fused-ring (bicyclic) bond motifs is 1. The Balaban J connectivity index is 1.67. The number of rotatable bonds is 4. The van der Waals surface area contributed by atoms with Crippen molar-refractivity contribution in [3.63, 3.8) is 0 Å². The summed E-state index contributed by atoms with van der Waals surface area (Å²) < 4.78 is 27.5. The topological polar surface area (TPSA) is 100 Å². The number of amides is 3. The molecule has 150 valence electrons. The quantitative estimate of drug-likeness (QED) is 0.643. The van der Waals surface area contributed by atoms with Crippen molar-refractivity contribution in [2.24, 2.45) is 0 Å². The molecule has 0 aliphatic carbocycles. The van der Waals surface area contributed by atoms with Crippen LogP contribution in [0.4, 0.5) is 4.79 Å². The van der Waals surface area contributed by atoms with E-state index in [0.29, 0.717) is 26.2 Å². The number of sulfonamides is 1. The molecule has 0 unspecified atom stereocenters. The molecule has 1 fully saturated rings. The van der Waals surface area contributed by atoms with Crippen LogP contribution < -0.4 is 15.5 Å². The molecule has 1 saturated heterocycles. The number of benzene rings is 2. The minimum atomic E-state index is -3.59. The highest BCUT2D eigenvalue weighted by Gasteiger charge is 2.34.